The second kappa shape index (κ2) is 8.19. The minimum atomic E-state index is -0.319. The Labute approximate surface area is 177 Å². The third-order valence-electron chi connectivity index (χ3n) is 6.23. The molecule has 2 atom stereocenters. The summed E-state index contributed by atoms with van der Waals surface area (Å²) in [6.07, 6.45) is 7.03. The molecule has 1 saturated carbocycles. The van der Waals surface area contributed by atoms with Gasteiger partial charge in [-0.15, -0.1) is 0 Å². The summed E-state index contributed by atoms with van der Waals surface area (Å²) in [4.78, 5) is 11.5. The first-order valence-corrected chi connectivity index (χ1v) is 10.9. The molecular formula is C23H30ClFN4. The average Bonchev–Trinajstić information content (AvgIpc) is 3.20. The number of hydrogen-bond acceptors (Lipinski definition) is 4. The van der Waals surface area contributed by atoms with Crippen molar-refractivity contribution in [3.63, 3.8) is 0 Å². The normalized spacial score (nSPS) is 22.8. The molecule has 2 aromatic rings. The number of nitrogens with zero attached hydrogens (tertiary/aromatic N) is 3. The first-order valence-electron chi connectivity index (χ1n) is 10.5. The van der Waals surface area contributed by atoms with Crippen molar-refractivity contribution in [2.24, 2.45) is 17.3 Å². The predicted octanol–water partition coefficient (Wildman–Crippen LogP) is 5.49. The zero-order valence-electron chi connectivity index (χ0n) is 17.5. The molecule has 4 nitrogen and oxygen atoms in total. The van der Waals surface area contributed by atoms with E-state index in [9.17, 15) is 4.39 Å². The van der Waals surface area contributed by atoms with Crippen LogP contribution in [0.4, 0.5) is 10.3 Å². The van der Waals surface area contributed by atoms with Gasteiger partial charge in [0, 0.05) is 47.7 Å². The van der Waals surface area contributed by atoms with Gasteiger partial charge in [0.2, 0.25) is 5.95 Å². The molecule has 0 unspecified atom stereocenters. The van der Waals surface area contributed by atoms with Crippen molar-refractivity contribution >= 4 is 17.5 Å². The number of likely N-dealkylation sites (tertiary alicyclic amines) is 1. The number of rotatable bonds is 5. The van der Waals surface area contributed by atoms with Crippen LogP contribution in [0.15, 0.2) is 30.6 Å². The highest BCUT2D eigenvalue weighted by molar-refractivity contribution is 6.33. The quantitative estimate of drug-likeness (QED) is 0.699. The van der Waals surface area contributed by atoms with Crippen LogP contribution in [0.3, 0.4) is 0 Å². The smallest absolute Gasteiger partial charge is 0.222 e. The Hall–Kier alpha value is -1.72. The molecule has 1 aliphatic heterocycles. The molecule has 29 heavy (non-hydrogen) atoms. The summed E-state index contributed by atoms with van der Waals surface area (Å²) in [7, 11) is 0. The van der Waals surface area contributed by atoms with E-state index in [4.69, 9.17) is 11.6 Å². The molecule has 0 spiro atoms. The number of fused-ring (bicyclic) bond motifs is 1. The Morgan fingerprint density at radius 2 is 1.79 bits per heavy atom. The Kier molecular flexibility index (Phi) is 5.80. The van der Waals surface area contributed by atoms with Crippen molar-refractivity contribution in [2.45, 2.75) is 46.1 Å². The molecular weight excluding hydrogens is 387 g/mol. The molecule has 2 aliphatic rings. The molecule has 1 saturated heterocycles. The Balaban J connectivity index is 1.31. The Bertz CT molecular complexity index is 835. The molecule has 0 bridgehead atoms. The average molecular weight is 417 g/mol. The van der Waals surface area contributed by atoms with E-state index in [1.165, 1.54) is 51.0 Å². The summed E-state index contributed by atoms with van der Waals surface area (Å²) in [5.41, 5.74) is 1.74. The SMILES string of the molecule is CC(C)(C)CCN1C[C@H]2CC(Nc3ncc(-c4cc(F)ccc4Cl)cn3)C[C@@H]2C1. The number of halogens is 2. The van der Waals surface area contributed by atoms with Gasteiger partial charge in [0.15, 0.2) is 0 Å². The van der Waals surface area contributed by atoms with E-state index in [-0.39, 0.29) is 5.82 Å². The van der Waals surface area contributed by atoms with Crippen LogP contribution in [0.1, 0.15) is 40.0 Å². The van der Waals surface area contributed by atoms with Crippen LogP contribution in [0.5, 0.6) is 0 Å². The Morgan fingerprint density at radius 3 is 2.41 bits per heavy atom. The number of benzene rings is 1. The van der Waals surface area contributed by atoms with Gasteiger partial charge in [-0.2, -0.15) is 0 Å². The van der Waals surface area contributed by atoms with Gasteiger partial charge < -0.3 is 10.2 Å². The van der Waals surface area contributed by atoms with Gasteiger partial charge in [0.25, 0.3) is 0 Å². The largest absolute Gasteiger partial charge is 0.351 e. The fraction of sp³-hybridized carbons (Fsp3) is 0.565. The lowest BCUT2D eigenvalue weighted by Crippen LogP contribution is -2.28. The molecule has 156 valence electrons. The summed E-state index contributed by atoms with van der Waals surface area (Å²) >= 11 is 6.18. The van der Waals surface area contributed by atoms with Crippen LogP contribution >= 0.6 is 11.6 Å². The molecule has 1 aromatic heterocycles. The van der Waals surface area contributed by atoms with Gasteiger partial charge in [-0.1, -0.05) is 32.4 Å². The maximum atomic E-state index is 13.5. The number of aromatic nitrogens is 2. The summed E-state index contributed by atoms with van der Waals surface area (Å²) in [6, 6.07) is 4.75. The van der Waals surface area contributed by atoms with Crippen LogP contribution < -0.4 is 5.32 Å². The topological polar surface area (TPSA) is 41.0 Å². The van der Waals surface area contributed by atoms with Gasteiger partial charge in [0.05, 0.1) is 0 Å². The lowest BCUT2D eigenvalue weighted by molar-refractivity contribution is 0.250. The molecule has 2 fully saturated rings. The minimum Gasteiger partial charge on any atom is -0.351 e. The van der Waals surface area contributed by atoms with Crippen molar-refractivity contribution in [1.82, 2.24) is 14.9 Å². The van der Waals surface area contributed by atoms with E-state index in [1.807, 2.05) is 0 Å². The van der Waals surface area contributed by atoms with E-state index in [2.05, 4.69) is 41.0 Å². The fourth-order valence-electron chi connectivity index (χ4n) is 4.63. The third kappa shape index (κ3) is 5.07. The maximum Gasteiger partial charge on any atom is 0.222 e. The molecule has 1 aliphatic carbocycles. The Morgan fingerprint density at radius 1 is 1.14 bits per heavy atom. The molecule has 0 radical (unpaired) electrons. The molecule has 6 heteroatoms. The fourth-order valence-corrected chi connectivity index (χ4v) is 4.86. The van der Waals surface area contributed by atoms with E-state index >= 15 is 0 Å². The van der Waals surface area contributed by atoms with Gasteiger partial charge in [0.1, 0.15) is 5.82 Å². The molecule has 0 amide bonds. The highest BCUT2D eigenvalue weighted by Crippen LogP contribution is 2.39. The molecule has 4 rings (SSSR count). The first-order chi connectivity index (χ1) is 13.8. The molecule has 1 N–H and O–H groups in total. The van der Waals surface area contributed by atoms with Crippen molar-refractivity contribution in [3.8, 4) is 11.1 Å². The number of nitrogens with one attached hydrogen (secondary N) is 1. The standard InChI is InChI=1S/C23H30ClFN4/c1-23(2,3)6-7-29-13-15-8-19(9-16(15)14-29)28-22-26-11-17(12-27-22)20-10-18(25)4-5-21(20)24/h4-5,10-12,15-16,19H,6-9,13-14H2,1-3H3,(H,26,27,28)/t15-,16-/m1/s1. The van der Waals surface area contributed by atoms with E-state index in [0.717, 1.165) is 17.4 Å². The number of hydrogen-bond donors (Lipinski definition) is 1. The monoisotopic (exact) mass is 416 g/mol. The zero-order chi connectivity index (χ0) is 20.6. The van der Waals surface area contributed by atoms with Gasteiger partial charge in [-0.25, -0.2) is 14.4 Å². The summed E-state index contributed by atoms with van der Waals surface area (Å²) < 4.78 is 13.5. The summed E-state index contributed by atoms with van der Waals surface area (Å²) in [6.45, 7) is 10.6. The second-order valence-corrected chi connectivity index (χ2v) is 10.2. The highest BCUT2D eigenvalue weighted by Gasteiger charge is 2.40. The van der Waals surface area contributed by atoms with Gasteiger partial charge in [-0.3, -0.25) is 0 Å². The van der Waals surface area contributed by atoms with E-state index in [1.54, 1.807) is 18.5 Å². The summed E-state index contributed by atoms with van der Waals surface area (Å²) in [5, 5.41) is 3.99. The third-order valence-corrected chi connectivity index (χ3v) is 6.56. The van der Waals surface area contributed by atoms with Crippen LogP contribution in [0.2, 0.25) is 5.02 Å². The van der Waals surface area contributed by atoms with Crippen LogP contribution in [0.25, 0.3) is 11.1 Å². The van der Waals surface area contributed by atoms with Gasteiger partial charge >= 0.3 is 0 Å². The van der Waals surface area contributed by atoms with Crippen molar-refractivity contribution in [1.29, 1.82) is 0 Å². The maximum absolute atomic E-state index is 13.5. The van der Waals surface area contributed by atoms with Crippen molar-refractivity contribution < 1.29 is 4.39 Å². The van der Waals surface area contributed by atoms with Crippen LogP contribution in [-0.4, -0.2) is 40.5 Å². The van der Waals surface area contributed by atoms with Crippen molar-refractivity contribution in [3.05, 3.63) is 41.4 Å². The molecule has 1 aromatic carbocycles. The summed E-state index contributed by atoms with van der Waals surface area (Å²) in [5.74, 6) is 1.87. The number of anilines is 1. The molecule has 2 heterocycles. The van der Waals surface area contributed by atoms with E-state index < -0.39 is 0 Å². The van der Waals surface area contributed by atoms with Crippen LogP contribution in [0, 0.1) is 23.1 Å². The minimum absolute atomic E-state index is 0.319. The lowest BCUT2D eigenvalue weighted by atomic mass is 9.92. The predicted molar refractivity (Wildman–Crippen MR) is 117 cm³/mol. The highest BCUT2D eigenvalue weighted by atomic mass is 35.5. The second-order valence-electron chi connectivity index (χ2n) is 9.82. The van der Waals surface area contributed by atoms with E-state index in [0.29, 0.717) is 28.0 Å². The van der Waals surface area contributed by atoms with Gasteiger partial charge in [-0.05, 0) is 61.3 Å². The zero-order valence-corrected chi connectivity index (χ0v) is 18.2. The van der Waals surface area contributed by atoms with Crippen LogP contribution in [-0.2, 0) is 0 Å². The lowest BCUT2D eigenvalue weighted by Gasteiger charge is -2.24. The van der Waals surface area contributed by atoms with Crippen molar-refractivity contribution in [2.75, 3.05) is 25.0 Å². The first kappa shape index (κ1) is 20.5.